The Morgan fingerprint density at radius 1 is 1.11 bits per heavy atom. The molecule has 8 nitrogen and oxygen atoms in total. The highest BCUT2D eigenvalue weighted by Gasteiger charge is 2.26. The minimum atomic E-state index is -3.80. The summed E-state index contributed by atoms with van der Waals surface area (Å²) >= 11 is 0. The summed E-state index contributed by atoms with van der Waals surface area (Å²) in [6.45, 7) is 1.42. The second kappa shape index (κ2) is 8.08. The Morgan fingerprint density at radius 3 is 2.16 bits per heavy atom. The van der Waals surface area contributed by atoms with Crippen molar-refractivity contribution in [3.63, 3.8) is 0 Å². The first-order valence-electron chi connectivity index (χ1n) is 5.65. The Bertz CT molecular complexity index is 408. The summed E-state index contributed by atoms with van der Waals surface area (Å²) in [6.07, 6.45) is -0.0561. The van der Waals surface area contributed by atoms with Crippen molar-refractivity contribution in [2.24, 2.45) is 0 Å². The van der Waals surface area contributed by atoms with Crippen molar-refractivity contribution in [1.29, 1.82) is 0 Å². The largest absolute Gasteiger partial charge is 0.469 e. The van der Waals surface area contributed by atoms with Crippen molar-refractivity contribution in [2.45, 2.75) is 13.3 Å². The molecule has 0 unspecified atom stereocenters. The molecule has 0 aromatic carbocycles. The third-order valence-electron chi connectivity index (χ3n) is 2.30. The molecule has 0 aromatic heterocycles. The lowest BCUT2D eigenvalue weighted by molar-refractivity contribution is -0.143. The summed E-state index contributed by atoms with van der Waals surface area (Å²) in [5, 5.41) is 0. The van der Waals surface area contributed by atoms with Crippen molar-refractivity contribution >= 4 is 22.1 Å². The second-order valence-electron chi connectivity index (χ2n) is 3.72. The number of ether oxygens (including phenoxy) is 2. The number of hydrogen-bond donors (Lipinski definition) is 0. The molecule has 0 aliphatic rings. The van der Waals surface area contributed by atoms with Crippen molar-refractivity contribution in [3.05, 3.63) is 0 Å². The van der Waals surface area contributed by atoms with Gasteiger partial charge in [-0.1, -0.05) is 0 Å². The van der Waals surface area contributed by atoms with E-state index in [4.69, 9.17) is 0 Å². The maximum Gasteiger partial charge on any atom is 0.321 e. The molecule has 112 valence electrons. The van der Waals surface area contributed by atoms with Crippen LogP contribution < -0.4 is 0 Å². The van der Waals surface area contributed by atoms with Gasteiger partial charge < -0.3 is 9.47 Å². The highest BCUT2D eigenvalue weighted by Crippen LogP contribution is 2.05. The fourth-order valence-corrected chi connectivity index (χ4v) is 2.24. The average Bonchev–Trinajstić information content (AvgIpc) is 2.35. The molecule has 0 heterocycles. The number of likely N-dealkylation sites (N-methyl/N-ethyl adjacent to an activating group) is 1. The van der Waals surface area contributed by atoms with Gasteiger partial charge >= 0.3 is 11.9 Å². The highest BCUT2D eigenvalue weighted by atomic mass is 32.2. The Balaban J connectivity index is 4.50. The lowest BCUT2D eigenvalue weighted by atomic mass is 10.4. The molecule has 0 spiro atoms. The number of methoxy groups -OCH3 is 1. The topological polar surface area (TPSA) is 93.2 Å². The summed E-state index contributed by atoms with van der Waals surface area (Å²) in [5.41, 5.74) is 0. The first-order valence-corrected chi connectivity index (χ1v) is 7.05. The van der Waals surface area contributed by atoms with Gasteiger partial charge in [0.05, 0.1) is 20.1 Å². The Kier molecular flexibility index (Phi) is 7.57. The van der Waals surface area contributed by atoms with E-state index >= 15 is 0 Å². The normalized spacial score (nSPS) is 11.7. The van der Waals surface area contributed by atoms with Crippen LogP contribution in [0.25, 0.3) is 0 Å². The van der Waals surface area contributed by atoms with Crippen LogP contribution in [0, 0.1) is 0 Å². The zero-order chi connectivity index (χ0) is 15.1. The van der Waals surface area contributed by atoms with Crippen LogP contribution in [-0.2, 0) is 29.3 Å². The summed E-state index contributed by atoms with van der Waals surface area (Å²) in [7, 11) is 0.0119. The zero-order valence-electron chi connectivity index (χ0n) is 11.6. The second-order valence-corrected chi connectivity index (χ2v) is 5.86. The van der Waals surface area contributed by atoms with E-state index in [9.17, 15) is 18.0 Å². The average molecular weight is 296 g/mol. The maximum atomic E-state index is 12.0. The van der Waals surface area contributed by atoms with Gasteiger partial charge in [-0.2, -0.15) is 17.0 Å². The van der Waals surface area contributed by atoms with Crippen LogP contribution in [0.15, 0.2) is 0 Å². The fraction of sp³-hybridized carbons (Fsp3) is 0.800. The minimum absolute atomic E-state index is 0.0256. The van der Waals surface area contributed by atoms with Crippen molar-refractivity contribution < 1.29 is 27.5 Å². The molecule has 0 aliphatic heterocycles. The number of rotatable bonds is 8. The lowest BCUT2D eigenvalue weighted by Gasteiger charge is -2.23. The molecule has 19 heavy (non-hydrogen) atoms. The predicted octanol–water partition coefficient (Wildman–Crippen LogP) is -0.779. The smallest absolute Gasteiger partial charge is 0.321 e. The van der Waals surface area contributed by atoms with Crippen molar-refractivity contribution in [1.82, 2.24) is 8.61 Å². The van der Waals surface area contributed by atoms with E-state index < -0.39 is 22.1 Å². The van der Waals surface area contributed by atoms with Gasteiger partial charge in [0.2, 0.25) is 0 Å². The molecule has 0 saturated carbocycles. The Hall–Kier alpha value is -1.19. The van der Waals surface area contributed by atoms with Gasteiger partial charge in [0.15, 0.2) is 0 Å². The standard InChI is InChI=1S/C10H20N2O6S/c1-5-18-10(14)8-12(3)19(15,16)11(2)7-6-9(13)17-4/h5-8H2,1-4H3. The quantitative estimate of drug-likeness (QED) is 0.546. The van der Waals surface area contributed by atoms with E-state index in [0.29, 0.717) is 0 Å². The number of esters is 2. The Labute approximate surface area is 113 Å². The third-order valence-corrected chi connectivity index (χ3v) is 4.19. The Morgan fingerprint density at radius 2 is 1.68 bits per heavy atom. The zero-order valence-corrected chi connectivity index (χ0v) is 12.4. The van der Waals surface area contributed by atoms with Crippen LogP contribution in [0.1, 0.15) is 13.3 Å². The molecule has 0 N–H and O–H groups in total. The SMILES string of the molecule is CCOC(=O)CN(C)S(=O)(=O)N(C)CCC(=O)OC. The van der Waals surface area contributed by atoms with Crippen molar-refractivity contribution in [2.75, 3.05) is 40.9 Å². The van der Waals surface area contributed by atoms with Crippen molar-refractivity contribution in [3.8, 4) is 0 Å². The number of hydrogen-bond acceptors (Lipinski definition) is 6. The first-order chi connectivity index (χ1) is 8.75. The number of nitrogens with zero attached hydrogens (tertiary/aromatic N) is 2. The molecule has 0 atom stereocenters. The third kappa shape index (κ3) is 5.99. The molecule has 0 rings (SSSR count). The molecule has 0 saturated heterocycles. The van der Waals surface area contributed by atoms with Gasteiger partial charge in [0, 0.05) is 20.6 Å². The molecule has 0 fully saturated rings. The molecular formula is C10H20N2O6S. The van der Waals surface area contributed by atoms with E-state index in [1.54, 1.807) is 6.92 Å². The molecule has 0 amide bonds. The predicted molar refractivity (Wildman–Crippen MR) is 67.4 cm³/mol. The monoisotopic (exact) mass is 296 g/mol. The van der Waals surface area contributed by atoms with E-state index in [1.807, 2.05) is 0 Å². The highest BCUT2D eigenvalue weighted by molar-refractivity contribution is 7.86. The van der Waals surface area contributed by atoms with Crippen LogP contribution in [0.2, 0.25) is 0 Å². The van der Waals surface area contributed by atoms with Gasteiger partial charge in [-0.15, -0.1) is 0 Å². The summed E-state index contributed by atoms with van der Waals surface area (Å²) in [4.78, 5) is 22.2. The summed E-state index contributed by atoms with van der Waals surface area (Å²) in [6, 6.07) is 0. The molecule has 0 aliphatic carbocycles. The molecule has 9 heteroatoms. The van der Waals surface area contributed by atoms with Gasteiger partial charge in [-0.25, -0.2) is 0 Å². The summed E-state index contributed by atoms with van der Waals surface area (Å²) < 4.78 is 34.9. The van der Waals surface area contributed by atoms with E-state index in [-0.39, 0.29) is 26.1 Å². The van der Waals surface area contributed by atoms with Crippen LogP contribution in [-0.4, -0.2) is 69.9 Å². The summed E-state index contributed by atoms with van der Waals surface area (Å²) in [5.74, 6) is -1.13. The maximum absolute atomic E-state index is 12.0. The van der Waals surface area contributed by atoms with E-state index in [2.05, 4.69) is 9.47 Å². The van der Waals surface area contributed by atoms with Gasteiger partial charge in [0.1, 0.15) is 6.54 Å². The molecule has 0 radical (unpaired) electrons. The number of carbonyl (C=O) groups is 2. The van der Waals surface area contributed by atoms with E-state index in [1.165, 1.54) is 21.2 Å². The molecule has 0 aromatic rings. The van der Waals surface area contributed by atoms with Gasteiger partial charge in [-0.05, 0) is 6.92 Å². The minimum Gasteiger partial charge on any atom is -0.469 e. The van der Waals surface area contributed by atoms with E-state index in [0.717, 1.165) is 8.61 Å². The van der Waals surface area contributed by atoms with Crippen LogP contribution in [0.3, 0.4) is 0 Å². The fourth-order valence-electron chi connectivity index (χ4n) is 1.17. The van der Waals surface area contributed by atoms with Crippen LogP contribution in [0.4, 0.5) is 0 Å². The first kappa shape index (κ1) is 17.8. The van der Waals surface area contributed by atoms with Gasteiger partial charge in [-0.3, -0.25) is 9.59 Å². The number of carbonyl (C=O) groups excluding carboxylic acids is 2. The molecule has 0 bridgehead atoms. The van der Waals surface area contributed by atoms with Crippen LogP contribution >= 0.6 is 0 Å². The molecular weight excluding hydrogens is 276 g/mol. The van der Waals surface area contributed by atoms with Gasteiger partial charge in [0.25, 0.3) is 10.2 Å². The lowest BCUT2D eigenvalue weighted by Crippen LogP contribution is -2.43. The van der Waals surface area contributed by atoms with Crippen LogP contribution in [0.5, 0.6) is 0 Å².